The number of carboxylic acids is 1. The van der Waals surface area contributed by atoms with Crippen molar-refractivity contribution in [1.29, 1.82) is 0 Å². The van der Waals surface area contributed by atoms with Gasteiger partial charge in [0.05, 0.1) is 5.60 Å². The molecular weight excluding hydrogens is 228 g/mol. The minimum absolute atomic E-state index is 0.0325. The second kappa shape index (κ2) is 7.13. The van der Waals surface area contributed by atoms with Crippen LogP contribution in [0.5, 0.6) is 0 Å². The standard InChI is InChI=1S/C15H30O3/c1-7-12(10(2)3)14(11(4)5)15(6,18)9-8-13(16)17/h10-12,14,18H,7-9H2,1-6H3,(H,16,17). The van der Waals surface area contributed by atoms with Crippen LogP contribution in [0.2, 0.25) is 0 Å². The van der Waals surface area contributed by atoms with Crippen LogP contribution in [-0.2, 0) is 4.79 Å². The first-order valence-electron chi connectivity index (χ1n) is 7.07. The molecular formula is C15H30O3. The largest absolute Gasteiger partial charge is 0.481 e. The quantitative estimate of drug-likeness (QED) is 0.700. The molecule has 0 aliphatic carbocycles. The van der Waals surface area contributed by atoms with Gasteiger partial charge in [-0.25, -0.2) is 0 Å². The summed E-state index contributed by atoms with van der Waals surface area (Å²) in [6.45, 7) is 12.5. The molecule has 0 radical (unpaired) electrons. The Kier molecular flexibility index (Phi) is 6.90. The van der Waals surface area contributed by atoms with Gasteiger partial charge in [-0.1, -0.05) is 41.0 Å². The molecule has 0 aromatic rings. The molecule has 0 heterocycles. The molecule has 0 bridgehead atoms. The molecule has 0 amide bonds. The summed E-state index contributed by atoms with van der Waals surface area (Å²) in [5, 5.41) is 19.5. The predicted molar refractivity (Wildman–Crippen MR) is 74.4 cm³/mol. The van der Waals surface area contributed by atoms with Crippen molar-refractivity contribution in [3.8, 4) is 0 Å². The van der Waals surface area contributed by atoms with Gasteiger partial charge in [-0.3, -0.25) is 4.79 Å². The van der Waals surface area contributed by atoms with Crippen LogP contribution < -0.4 is 0 Å². The Morgan fingerprint density at radius 1 is 1.17 bits per heavy atom. The smallest absolute Gasteiger partial charge is 0.303 e. The van der Waals surface area contributed by atoms with Gasteiger partial charge in [-0.15, -0.1) is 0 Å². The van der Waals surface area contributed by atoms with Gasteiger partial charge < -0.3 is 10.2 Å². The van der Waals surface area contributed by atoms with Gasteiger partial charge in [0.15, 0.2) is 0 Å². The monoisotopic (exact) mass is 258 g/mol. The Balaban J connectivity index is 5.01. The van der Waals surface area contributed by atoms with Crippen LogP contribution in [0.15, 0.2) is 0 Å². The van der Waals surface area contributed by atoms with Crippen molar-refractivity contribution in [2.24, 2.45) is 23.7 Å². The first-order chi connectivity index (χ1) is 8.13. The summed E-state index contributed by atoms with van der Waals surface area (Å²) >= 11 is 0. The fourth-order valence-corrected chi connectivity index (χ4v) is 3.34. The van der Waals surface area contributed by atoms with E-state index in [0.717, 1.165) is 6.42 Å². The van der Waals surface area contributed by atoms with E-state index in [2.05, 4.69) is 34.6 Å². The number of hydrogen-bond acceptors (Lipinski definition) is 2. The SMILES string of the molecule is CCC(C(C)C)C(C(C)C)C(C)(O)CCC(=O)O. The molecule has 0 aliphatic heterocycles. The van der Waals surface area contributed by atoms with E-state index in [4.69, 9.17) is 5.11 Å². The summed E-state index contributed by atoms with van der Waals surface area (Å²) in [4.78, 5) is 10.7. The Hall–Kier alpha value is -0.570. The first kappa shape index (κ1) is 17.4. The Morgan fingerprint density at radius 3 is 1.94 bits per heavy atom. The van der Waals surface area contributed by atoms with E-state index in [1.807, 2.05) is 0 Å². The zero-order valence-corrected chi connectivity index (χ0v) is 12.7. The highest BCUT2D eigenvalue weighted by atomic mass is 16.4. The minimum Gasteiger partial charge on any atom is -0.481 e. The van der Waals surface area contributed by atoms with Crippen LogP contribution in [-0.4, -0.2) is 21.8 Å². The van der Waals surface area contributed by atoms with E-state index in [-0.39, 0.29) is 12.3 Å². The molecule has 0 aromatic heterocycles. The van der Waals surface area contributed by atoms with Crippen molar-refractivity contribution < 1.29 is 15.0 Å². The normalized spacial score (nSPS) is 18.7. The van der Waals surface area contributed by atoms with Crippen molar-refractivity contribution in [2.75, 3.05) is 0 Å². The van der Waals surface area contributed by atoms with Crippen LogP contribution in [0, 0.1) is 23.7 Å². The molecule has 3 unspecified atom stereocenters. The number of carbonyl (C=O) groups is 1. The van der Waals surface area contributed by atoms with Gasteiger partial charge in [0.25, 0.3) is 0 Å². The highest BCUT2D eigenvalue weighted by Gasteiger charge is 2.39. The molecule has 108 valence electrons. The number of hydrogen-bond donors (Lipinski definition) is 2. The Labute approximate surface area is 112 Å². The lowest BCUT2D eigenvalue weighted by molar-refractivity contribution is -0.140. The van der Waals surface area contributed by atoms with Crippen molar-refractivity contribution in [1.82, 2.24) is 0 Å². The van der Waals surface area contributed by atoms with E-state index in [1.165, 1.54) is 0 Å². The predicted octanol–water partition coefficient (Wildman–Crippen LogP) is 3.56. The topological polar surface area (TPSA) is 57.5 Å². The molecule has 0 aliphatic rings. The molecule has 0 rings (SSSR count). The fourth-order valence-electron chi connectivity index (χ4n) is 3.34. The number of carboxylic acid groups (broad SMARTS) is 1. The lowest BCUT2D eigenvalue weighted by Crippen LogP contribution is -2.44. The molecule has 0 fully saturated rings. The van der Waals surface area contributed by atoms with E-state index in [1.54, 1.807) is 6.92 Å². The number of rotatable bonds is 8. The maximum absolute atomic E-state index is 10.7. The maximum atomic E-state index is 10.7. The summed E-state index contributed by atoms with van der Waals surface area (Å²) in [6.07, 6.45) is 1.38. The third-order valence-corrected chi connectivity index (χ3v) is 4.07. The van der Waals surface area contributed by atoms with Gasteiger partial charge in [-0.05, 0) is 37.0 Å². The molecule has 0 saturated carbocycles. The van der Waals surface area contributed by atoms with Crippen molar-refractivity contribution in [3.05, 3.63) is 0 Å². The third-order valence-electron chi connectivity index (χ3n) is 4.07. The molecule has 18 heavy (non-hydrogen) atoms. The molecule has 3 nitrogen and oxygen atoms in total. The molecule has 0 saturated heterocycles. The van der Waals surface area contributed by atoms with Gasteiger partial charge in [-0.2, -0.15) is 0 Å². The van der Waals surface area contributed by atoms with Crippen LogP contribution in [0.3, 0.4) is 0 Å². The summed E-state index contributed by atoms with van der Waals surface area (Å²) in [5.41, 5.74) is -0.905. The van der Waals surface area contributed by atoms with E-state index in [9.17, 15) is 9.90 Å². The average molecular weight is 258 g/mol. The molecule has 2 N–H and O–H groups in total. The summed E-state index contributed by atoms with van der Waals surface area (Å²) < 4.78 is 0. The zero-order chi connectivity index (χ0) is 14.5. The second-order valence-corrected chi connectivity index (χ2v) is 6.34. The third kappa shape index (κ3) is 4.97. The van der Waals surface area contributed by atoms with E-state index in [0.29, 0.717) is 24.2 Å². The number of aliphatic carboxylic acids is 1. The molecule has 3 atom stereocenters. The minimum atomic E-state index is -0.905. The molecule has 0 spiro atoms. The van der Waals surface area contributed by atoms with Crippen molar-refractivity contribution in [2.45, 2.75) is 66.4 Å². The lowest BCUT2D eigenvalue weighted by Gasteiger charge is -2.42. The van der Waals surface area contributed by atoms with Gasteiger partial charge in [0.2, 0.25) is 0 Å². The average Bonchev–Trinajstić information content (AvgIpc) is 2.21. The molecule has 3 heteroatoms. The highest BCUT2D eigenvalue weighted by molar-refractivity contribution is 5.66. The van der Waals surface area contributed by atoms with Gasteiger partial charge >= 0.3 is 5.97 Å². The maximum Gasteiger partial charge on any atom is 0.303 e. The Morgan fingerprint density at radius 2 is 1.67 bits per heavy atom. The van der Waals surface area contributed by atoms with E-state index < -0.39 is 11.6 Å². The first-order valence-corrected chi connectivity index (χ1v) is 7.07. The lowest BCUT2D eigenvalue weighted by atomic mass is 9.66. The van der Waals surface area contributed by atoms with Crippen LogP contribution in [0.25, 0.3) is 0 Å². The summed E-state index contributed by atoms with van der Waals surface area (Å²) in [6, 6.07) is 0. The second-order valence-electron chi connectivity index (χ2n) is 6.34. The Bertz CT molecular complexity index is 256. The summed E-state index contributed by atoms with van der Waals surface area (Å²) in [5.74, 6) is 0.575. The zero-order valence-electron chi connectivity index (χ0n) is 12.7. The molecule has 0 aromatic carbocycles. The van der Waals surface area contributed by atoms with Crippen molar-refractivity contribution >= 4 is 5.97 Å². The van der Waals surface area contributed by atoms with Gasteiger partial charge in [0.1, 0.15) is 0 Å². The summed E-state index contributed by atoms with van der Waals surface area (Å²) in [7, 11) is 0. The van der Waals surface area contributed by atoms with Gasteiger partial charge in [0, 0.05) is 6.42 Å². The van der Waals surface area contributed by atoms with E-state index >= 15 is 0 Å². The fraction of sp³-hybridized carbons (Fsp3) is 0.933. The van der Waals surface area contributed by atoms with Crippen molar-refractivity contribution in [3.63, 3.8) is 0 Å². The van der Waals surface area contributed by atoms with Crippen LogP contribution in [0.4, 0.5) is 0 Å². The number of aliphatic hydroxyl groups is 1. The highest BCUT2D eigenvalue weighted by Crippen LogP contribution is 2.39. The van der Waals surface area contributed by atoms with Crippen LogP contribution >= 0.6 is 0 Å². The van der Waals surface area contributed by atoms with Crippen LogP contribution in [0.1, 0.15) is 60.8 Å².